The summed E-state index contributed by atoms with van der Waals surface area (Å²) >= 11 is 0. The molecule has 2 aromatic heterocycles. The monoisotopic (exact) mass is 340 g/mol. The number of rotatable bonds is 3. The van der Waals surface area contributed by atoms with E-state index in [9.17, 15) is 4.79 Å². The molecule has 25 heavy (non-hydrogen) atoms. The first kappa shape index (κ1) is 16.1. The Kier molecular flexibility index (Phi) is 4.15. The van der Waals surface area contributed by atoms with Crippen LogP contribution in [-0.4, -0.2) is 38.7 Å². The highest BCUT2D eigenvalue weighted by atomic mass is 16.1. The number of anilines is 2. The lowest BCUT2D eigenvalue weighted by atomic mass is 9.98. The van der Waals surface area contributed by atoms with Crippen LogP contribution < -0.4 is 10.2 Å². The van der Waals surface area contributed by atoms with E-state index in [1.165, 1.54) is 12.8 Å². The number of nitrogens with one attached hydrogen (secondary N) is 1. The van der Waals surface area contributed by atoms with E-state index in [1.54, 1.807) is 0 Å². The molecule has 0 aliphatic carbocycles. The Labute approximate surface area is 147 Å². The molecule has 7 heteroatoms. The molecule has 1 fully saturated rings. The third-order valence-corrected chi connectivity index (χ3v) is 5.26. The molecule has 0 radical (unpaired) electrons. The molecular weight excluding hydrogens is 316 g/mol. The van der Waals surface area contributed by atoms with E-state index in [0.717, 1.165) is 54.8 Å². The first-order chi connectivity index (χ1) is 12.1. The summed E-state index contributed by atoms with van der Waals surface area (Å²) in [6.07, 6.45) is 4.06. The van der Waals surface area contributed by atoms with Crippen LogP contribution in [0.1, 0.15) is 36.6 Å². The van der Waals surface area contributed by atoms with Crippen molar-refractivity contribution in [2.75, 3.05) is 23.3 Å². The molecule has 132 valence electrons. The number of hydrogen-bond acceptors (Lipinski definition) is 5. The zero-order valence-electron chi connectivity index (χ0n) is 14.8. The van der Waals surface area contributed by atoms with Gasteiger partial charge in [-0.25, -0.2) is 4.98 Å². The van der Waals surface area contributed by atoms with Crippen molar-refractivity contribution in [1.29, 1.82) is 0 Å². The summed E-state index contributed by atoms with van der Waals surface area (Å²) in [5.74, 6) is 2.86. The van der Waals surface area contributed by atoms with Crippen molar-refractivity contribution >= 4 is 17.4 Å². The van der Waals surface area contributed by atoms with Crippen molar-refractivity contribution in [3.8, 4) is 0 Å². The molecule has 1 amide bonds. The van der Waals surface area contributed by atoms with Crippen LogP contribution >= 0.6 is 0 Å². The van der Waals surface area contributed by atoms with Crippen molar-refractivity contribution in [3.63, 3.8) is 0 Å². The van der Waals surface area contributed by atoms with Gasteiger partial charge in [-0.15, -0.1) is 10.2 Å². The third-order valence-electron chi connectivity index (χ3n) is 5.26. The Morgan fingerprint density at radius 2 is 2.00 bits per heavy atom. The van der Waals surface area contributed by atoms with Gasteiger partial charge in [0, 0.05) is 26.1 Å². The molecule has 4 heterocycles. The van der Waals surface area contributed by atoms with Gasteiger partial charge in [-0.3, -0.25) is 4.79 Å². The quantitative estimate of drug-likeness (QED) is 0.926. The second kappa shape index (κ2) is 6.46. The van der Waals surface area contributed by atoms with E-state index in [2.05, 4.69) is 30.0 Å². The minimum atomic E-state index is -0.0557. The number of amides is 1. The van der Waals surface area contributed by atoms with E-state index in [1.807, 2.05) is 26.0 Å². The van der Waals surface area contributed by atoms with Crippen LogP contribution in [0.15, 0.2) is 12.1 Å². The van der Waals surface area contributed by atoms with E-state index >= 15 is 0 Å². The smallest absolute Gasteiger partial charge is 0.229 e. The lowest BCUT2D eigenvalue weighted by Crippen LogP contribution is -2.32. The normalized spacial score (nSPS) is 19.8. The number of pyridine rings is 1. The highest BCUT2D eigenvalue weighted by Crippen LogP contribution is 2.24. The molecule has 1 unspecified atom stereocenters. The maximum absolute atomic E-state index is 12.7. The van der Waals surface area contributed by atoms with Gasteiger partial charge in [-0.2, -0.15) is 0 Å². The topological polar surface area (TPSA) is 75.9 Å². The molecule has 0 bridgehead atoms. The van der Waals surface area contributed by atoms with Crippen LogP contribution in [0.4, 0.5) is 11.5 Å². The van der Waals surface area contributed by atoms with E-state index < -0.39 is 0 Å². The predicted octanol–water partition coefficient (Wildman–Crippen LogP) is 2.09. The fourth-order valence-corrected chi connectivity index (χ4v) is 3.71. The van der Waals surface area contributed by atoms with Crippen LogP contribution in [-0.2, 0) is 17.8 Å². The fourth-order valence-electron chi connectivity index (χ4n) is 3.71. The van der Waals surface area contributed by atoms with Gasteiger partial charge in [0.25, 0.3) is 0 Å². The van der Waals surface area contributed by atoms with Gasteiger partial charge in [0.15, 0.2) is 0 Å². The summed E-state index contributed by atoms with van der Waals surface area (Å²) in [4.78, 5) is 19.7. The van der Waals surface area contributed by atoms with Gasteiger partial charge in [-0.1, -0.05) is 0 Å². The number of carbonyl (C=O) groups is 1. The van der Waals surface area contributed by atoms with Crippen LogP contribution in [0.3, 0.4) is 0 Å². The fraction of sp³-hybridized carbons (Fsp3) is 0.556. The summed E-state index contributed by atoms with van der Waals surface area (Å²) < 4.78 is 2.05. The minimum absolute atomic E-state index is 0.0533. The number of aromatic nitrogens is 4. The SMILES string of the molecule is Cc1nc(N2CCCC2)ccc1NC(=O)C1CCc2nnc(C)n2C1. The van der Waals surface area contributed by atoms with Crippen LogP contribution in [0.2, 0.25) is 0 Å². The molecule has 1 N–H and O–H groups in total. The van der Waals surface area contributed by atoms with Gasteiger partial charge < -0.3 is 14.8 Å². The van der Waals surface area contributed by atoms with Crippen LogP contribution in [0.5, 0.6) is 0 Å². The van der Waals surface area contributed by atoms with Gasteiger partial charge in [-0.05, 0) is 45.2 Å². The van der Waals surface area contributed by atoms with Crippen molar-refractivity contribution in [3.05, 3.63) is 29.5 Å². The summed E-state index contributed by atoms with van der Waals surface area (Å²) in [6, 6.07) is 3.99. The van der Waals surface area contributed by atoms with Crippen molar-refractivity contribution < 1.29 is 4.79 Å². The number of aryl methyl sites for hydroxylation is 3. The number of nitrogens with zero attached hydrogens (tertiary/aromatic N) is 5. The Morgan fingerprint density at radius 1 is 1.20 bits per heavy atom. The molecule has 0 saturated carbocycles. The Morgan fingerprint density at radius 3 is 2.76 bits per heavy atom. The van der Waals surface area contributed by atoms with E-state index in [-0.39, 0.29) is 11.8 Å². The van der Waals surface area contributed by atoms with Gasteiger partial charge in [0.1, 0.15) is 17.5 Å². The standard InChI is InChI=1S/C18H24N6O/c1-12-15(6-8-16(19-12)23-9-3-4-10-23)20-18(25)14-5-7-17-22-21-13(2)24(17)11-14/h6,8,14H,3-5,7,9-11H2,1-2H3,(H,20,25). The van der Waals surface area contributed by atoms with Crippen molar-refractivity contribution in [2.45, 2.75) is 46.1 Å². The molecule has 2 aliphatic heterocycles. The minimum Gasteiger partial charge on any atom is -0.357 e. The van der Waals surface area contributed by atoms with E-state index in [0.29, 0.717) is 6.54 Å². The molecule has 2 aliphatic rings. The number of hydrogen-bond donors (Lipinski definition) is 1. The number of carbonyl (C=O) groups excluding carboxylic acids is 1. The largest absolute Gasteiger partial charge is 0.357 e. The molecule has 0 aromatic carbocycles. The van der Waals surface area contributed by atoms with Gasteiger partial charge in [0.05, 0.1) is 17.3 Å². The molecule has 4 rings (SSSR count). The lowest BCUT2D eigenvalue weighted by Gasteiger charge is -2.24. The molecule has 1 atom stereocenters. The molecular formula is C18H24N6O. The summed E-state index contributed by atoms with van der Waals surface area (Å²) in [7, 11) is 0. The lowest BCUT2D eigenvalue weighted by molar-refractivity contribution is -0.120. The van der Waals surface area contributed by atoms with Crippen LogP contribution in [0, 0.1) is 19.8 Å². The maximum Gasteiger partial charge on any atom is 0.229 e. The summed E-state index contributed by atoms with van der Waals surface area (Å²) in [5.41, 5.74) is 1.67. The number of fused-ring (bicyclic) bond motifs is 1. The van der Waals surface area contributed by atoms with Crippen molar-refractivity contribution in [1.82, 2.24) is 19.7 Å². The first-order valence-electron chi connectivity index (χ1n) is 9.04. The molecule has 7 nitrogen and oxygen atoms in total. The third kappa shape index (κ3) is 3.10. The second-order valence-corrected chi connectivity index (χ2v) is 7.00. The highest BCUT2D eigenvalue weighted by Gasteiger charge is 2.27. The van der Waals surface area contributed by atoms with Crippen LogP contribution in [0.25, 0.3) is 0 Å². The predicted molar refractivity (Wildman–Crippen MR) is 95.6 cm³/mol. The van der Waals surface area contributed by atoms with Crippen molar-refractivity contribution in [2.24, 2.45) is 5.92 Å². The molecule has 1 saturated heterocycles. The summed E-state index contributed by atoms with van der Waals surface area (Å²) in [5, 5.41) is 11.3. The Bertz CT molecular complexity index is 793. The maximum atomic E-state index is 12.7. The Balaban J connectivity index is 1.45. The summed E-state index contributed by atoms with van der Waals surface area (Å²) in [6.45, 7) is 6.68. The highest BCUT2D eigenvalue weighted by molar-refractivity contribution is 5.93. The zero-order valence-corrected chi connectivity index (χ0v) is 14.8. The van der Waals surface area contributed by atoms with Gasteiger partial charge in [0.2, 0.25) is 5.91 Å². The average Bonchev–Trinajstić information content (AvgIpc) is 3.27. The second-order valence-electron chi connectivity index (χ2n) is 7.00. The average molecular weight is 340 g/mol. The van der Waals surface area contributed by atoms with Gasteiger partial charge >= 0.3 is 0 Å². The molecule has 0 spiro atoms. The van der Waals surface area contributed by atoms with E-state index in [4.69, 9.17) is 0 Å². The Hall–Kier alpha value is -2.44. The first-order valence-corrected chi connectivity index (χ1v) is 9.04. The zero-order chi connectivity index (χ0) is 17.4. The molecule has 2 aromatic rings.